The Labute approximate surface area is 163 Å². The normalized spacial score (nSPS) is 17.3. The number of halogens is 1. The molecule has 0 aliphatic carbocycles. The van der Waals surface area contributed by atoms with Gasteiger partial charge in [0.1, 0.15) is 18.4 Å². The fourth-order valence-electron chi connectivity index (χ4n) is 3.18. The summed E-state index contributed by atoms with van der Waals surface area (Å²) in [5.74, 6) is 0.0287. The highest BCUT2D eigenvalue weighted by atomic mass is 32.2. The van der Waals surface area contributed by atoms with Crippen LogP contribution in [-0.4, -0.2) is 48.7 Å². The first-order valence-electron chi connectivity index (χ1n) is 9.03. The number of amides is 1. The molecule has 1 aliphatic heterocycles. The zero-order valence-corrected chi connectivity index (χ0v) is 16.8. The van der Waals surface area contributed by atoms with E-state index in [9.17, 15) is 17.6 Å². The summed E-state index contributed by atoms with van der Waals surface area (Å²) in [6, 6.07) is 4.76. The quantitative estimate of drug-likeness (QED) is 0.726. The molecular weight excluding hydrogens is 387 g/mol. The lowest BCUT2D eigenvalue weighted by Gasteiger charge is -2.27. The smallest absolute Gasteiger partial charge is 0.249 e. The number of carbonyl (C=O) groups excluding carboxylic acids is 1. The van der Waals surface area contributed by atoms with Gasteiger partial charge in [-0.1, -0.05) is 25.1 Å². The number of anilines is 1. The molecule has 1 aliphatic rings. The van der Waals surface area contributed by atoms with Crippen LogP contribution in [0.5, 0.6) is 0 Å². The molecule has 8 nitrogen and oxygen atoms in total. The van der Waals surface area contributed by atoms with E-state index in [0.717, 1.165) is 23.0 Å². The van der Waals surface area contributed by atoms with Gasteiger partial charge in [-0.3, -0.25) is 9.10 Å². The van der Waals surface area contributed by atoms with E-state index in [4.69, 9.17) is 4.52 Å². The van der Waals surface area contributed by atoms with Gasteiger partial charge in [-0.05, 0) is 31.0 Å². The number of likely N-dealkylation sites (tertiary alicyclic amines) is 1. The van der Waals surface area contributed by atoms with E-state index in [0.29, 0.717) is 24.7 Å². The summed E-state index contributed by atoms with van der Waals surface area (Å²) in [5.41, 5.74) is 0.103. The Balaban J connectivity index is 1.82. The summed E-state index contributed by atoms with van der Waals surface area (Å²) < 4.78 is 44.2. The fraction of sp³-hybridized carbons (Fsp3) is 0.500. The van der Waals surface area contributed by atoms with Crippen molar-refractivity contribution >= 4 is 21.6 Å². The van der Waals surface area contributed by atoms with Gasteiger partial charge in [0.2, 0.25) is 21.8 Å². The molecule has 0 radical (unpaired) electrons. The van der Waals surface area contributed by atoms with Crippen molar-refractivity contribution in [2.75, 3.05) is 23.7 Å². The van der Waals surface area contributed by atoms with Gasteiger partial charge in [-0.2, -0.15) is 4.98 Å². The van der Waals surface area contributed by atoms with Gasteiger partial charge < -0.3 is 9.42 Å². The molecule has 0 saturated carbocycles. The van der Waals surface area contributed by atoms with Crippen LogP contribution >= 0.6 is 0 Å². The van der Waals surface area contributed by atoms with Crippen molar-refractivity contribution in [3.8, 4) is 0 Å². The van der Waals surface area contributed by atoms with Crippen LogP contribution < -0.4 is 4.31 Å². The third-order valence-corrected chi connectivity index (χ3v) is 5.75. The van der Waals surface area contributed by atoms with Gasteiger partial charge in [-0.25, -0.2) is 12.8 Å². The van der Waals surface area contributed by atoms with E-state index >= 15 is 0 Å². The zero-order valence-electron chi connectivity index (χ0n) is 16.0. The van der Waals surface area contributed by atoms with E-state index in [-0.39, 0.29) is 17.6 Å². The van der Waals surface area contributed by atoms with Crippen LogP contribution in [0.4, 0.5) is 10.1 Å². The van der Waals surface area contributed by atoms with Gasteiger partial charge >= 0.3 is 0 Å². The Morgan fingerprint density at radius 1 is 1.43 bits per heavy atom. The molecular formula is C18H23FN4O4S. The standard InChI is InChI=1S/C18H23FN4O4S/c1-12(2)17-20-18(27-21-17)15-8-5-9-22(15)16(24)11-23(28(3,25)26)14-7-4-6-13(19)10-14/h4,6-7,10,12,15H,5,8-9,11H2,1-3H3/t15-/m0/s1. The highest BCUT2D eigenvalue weighted by Gasteiger charge is 2.36. The molecule has 0 bridgehead atoms. The summed E-state index contributed by atoms with van der Waals surface area (Å²) in [6.45, 7) is 3.91. The first kappa shape index (κ1) is 20.2. The fourth-order valence-corrected chi connectivity index (χ4v) is 4.03. The van der Waals surface area contributed by atoms with Crippen molar-refractivity contribution < 1.29 is 22.1 Å². The monoisotopic (exact) mass is 410 g/mol. The maximum atomic E-state index is 13.6. The predicted molar refractivity (Wildman–Crippen MR) is 101 cm³/mol. The highest BCUT2D eigenvalue weighted by molar-refractivity contribution is 7.92. The minimum Gasteiger partial charge on any atom is -0.337 e. The Morgan fingerprint density at radius 2 is 2.18 bits per heavy atom. The molecule has 152 valence electrons. The minimum absolute atomic E-state index is 0.0942. The molecule has 1 fully saturated rings. The van der Waals surface area contributed by atoms with Gasteiger partial charge in [0, 0.05) is 12.5 Å². The molecule has 1 atom stereocenters. The van der Waals surface area contributed by atoms with E-state index in [2.05, 4.69) is 10.1 Å². The molecule has 1 amide bonds. The number of rotatable bonds is 6. The average Bonchev–Trinajstić information content (AvgIpc) is 3.27. The van der Waals surface area contributed by atoms with Gasteiger partial charge in [0.15, 0.2) is 5.82 Å². The maximum Gasteiger partial charge on any atom is 0.249 e. The summed E-state index contributed by atoms with van der Waals surface area (Å²) >= 11 is 0. The molecule has 0 unspecified atom stereocenters. The van der Waals surface area contributed by atoms with E-state index < -0.39 is 28.3 Å². The average molecular weight is 410 g/mol. The second-order valence-corrected chi connectivity index (χ2v) is 9.05. The van der Waals surface area contributed by atoms with Gasteiger partial charge in [0.25, 0.3) is 0 Å². The Kier molecular flexibility index (Phi) is 5.69. The molecule has 0 spiro atoms. The number of sulfonamides is 1. The molecule has 3 rings (SSSR count). The Morgan fingerprint density at radius 3 is 2.79 bits per heavy atom. The molecule has 2 heterocycles. The predicted octanol–water partition coefficient (Wildman–Crippen LogP) is 2.46. The third-order valence-electron chi connectivity index (χ3n) is 4.61. The Hall–Kier alpha value is -2.49. The molecule has 1 aromatic heterocycles. The molecule has 0 N–H and O–H groups in total. The summed E-state index contributed by atoms with van der Waals surface area (Å²) in [5, 5.41) is 3.94. The number of aromatic nitrogens is 2. The van der Waals surface area contributed by atoms with Crippen LogP contribution in [-0.2, 0) is 14.8 Å². The van der Waals surface area contributed by atoms with Gasteiger partial charge in [0.05, 0.1) is 11.9 Å². The summed E-state index contributed by atoms with van der Waals surface area (Å²) in [6.07, 6.45) is 2.39. The van der Waals surface area contributed by atoms with Crippen molar-refractivity contribution in [1.29, 1.82) is 0 Å². The van der Waals surface area contributed by atoms with Crippen molar-refractivity contribution in [2.24, 2.45) is 0 Å². The second kappa shape index (κ2) is 7.86. The lowest BCUT2D eigenvalue weighted by molar-refractivity contribution is -0.130. The van der Waals surface area contributed by atoms with Crippen molar-refractivity contribution in [1.82, 2.24) is 15.0 Å². The van der Waals surface area contributed by atoms with E-state index in [1.807, 2.05) is 13.8 Å². The first-order chi connectivity index (χ1) is 13.2. The van der Waals surface area contributed by atoms with Crippen LogP contribution in [0.1, 0.15) is 50.4 Å². The molecule has 10 heteroatoms. The van der Waals surface area contributed by atoms with Crippen molar-refractivity contribution in [2.45, 2.75) is 38.6 Å². The van der Waals surface area contributed by atoms with Crippen LogP contribution in [0, 0.1) is 5.82 Å². The highest BCUT2D eigenvalue weighted by Crippen LogP contribution is 2.32. The molecule has 28 heavy (non-hydrogen) atoms. The summed E-state index contributed by atoms with van der Waals surface area (Å²) in [4.78, 5) is 18.8. The minimum atomic E-state index is -3.78. The lowest BCUT2D eigenvalue weighted by Crippen LogP contribution is -2.42. The molecule has 1 saturated heterocycles. The Bertz CT molecular complexity index is 960. The summed E-state index contributed by atoms with van der Waals surface area (Å²) in [7, 11) is -3.78. The number of benzene rings is 1. The van der Waals surface area contributed by atoms with Gasteiger partial charge in [-0.15, -0.1) is 0 Å². The SMILES string of the molecule is CC(C)c1noc([C@@H]2CCCN2C(=O)CN(c2cccc(F)c2)S(C)(=O)=O)n1. The van der Waals surface area contributed by atoms with Crippen LogP contribution in [0.2, 0.25) is 0 Å². The van der Waals surface area contributed by atoms with E-state index in [1.54, 1.807) is 4.90 Å². The van der Waals surface area contributed by atoms with Crippen LogP contribution in [0.25, 0.3) is 0 Å². The number of hydrogen-bond acceptors (Lipinski definition) is 6. The van der Waals surface area contributed by atoms with Crippen LogP contribution in [0.3, 0.4) is 0 Å². The molecule has 2 aromatic rings. The second-order valence-electron chi connectivity index (χ2n) is 7.14. The first-order valence-corrected chi connectivity index (χ1v) is 10.9. The third kappa shape index (κ3) is 4.32. The molecule has 1 aromatic carbocycles. The van der Waals surface area contributed by atoms with E-state index in [1.165, 1.54) is 18.2 Å². The zero-order chi connectivity index (χ0) is 20.5. The number of hydrogen-bond donors (Lipinski definition) is 0. The number of nitrogens with zero attached hydrogens (tertiary/aromatic N) is 4. The maximum absolute atomic E-state index is 13.6. The lowest BCUT2D eigenvalue weighted by atomic mass is 10.2. The van der Waals surface area contributed by atoms with Crippen molar-refractivity contribution in [3.63, 3.8) is 0 Å². The van der Waals surface area contributed by atoms with Crippen LogP contribution in [0.15, 0.2) is 28.8 Å². The topological polar surface area (TPSA) is 96.6 Å². The number of carbonyl (C=O) groups is 1. The largest absolute Gasteiger partial charge is 0.337 e. The van der Waals surface area contributed by atoms with Crippen molar-refractivity contribution in [3.05, 3.63) is 41.8 Å².